The lowest BCUT2D eigenvalue weighted by atomic mass is 9.99. The maximum absolute atomic E-state index is 12.9. The Balaban J connectivity index is 2.41. The third-order valence-electron chi connectivity index (χ3n) is 10.4. The molecule has 0 aromatic rings. The zero-order valence-electron chi connectivity index (χ0n) is 34.5. The molecule has 1 fully saturated rings. The lowest BCUT2D eigenvalue weighted by molar-refractivity contribution is -0.302. The Kier molecular flexibility index (Phi) is 33.4. The number of allylic oxidation sites excluding steroid dienone is 5. The summed E-state index contributed by atoms with van der Waals surface area (Å²) in [5.74, 6) is -0.193. The van der Waals surface area contributed by atoms with Gasteiger partial charge in [0.25, 0.3) is 0 Å². The molecule has 1 aliphatic heterocycles. The molecule has 1 amide bonds. The van der Waals surface area contributed by atoms with Crippen LogP contribution in [0.1, 0.15) is 187 Å². The second-order valence-corrected chi connectivity index (χ2v) is 15.5. The molecule has 0 radical (unpaired) electrons. The van der Waals surface area contributed by atoms with Crippen LogP contribution < -0.4 is 5.32 Å². The molecule has 0 aromatic carbocycles. The number of hydrogen-bond acceptors (Lipinski definition) is 8. The van der Waals surface area contributed by atoms with E-state index in [4.69, 9.17) is 9.47 Å². The molecule has 316 valence electrons. The molecule has 9 nitrogen and oxygen atoms in total. The smallest absolute Gasteiger partial charge is 0.220 e. The van der Waals surface area contributed by atoms with E-state index in [9.17, 15) is 30.3 Å². The number of aliphatic hydroxyl groups is 5. The van der Waals surface area contributed by atoms with Crippen molar-refractivity contribution < 1.29 is 39.8 Å². The van der Waals surface area contributed by atoms with Crippen LogP contribution >= 0.6 is 0 Å². The third kappa shape index (κ3) is 26.3. The van der Waals surface area contributed by atoms with Crippen molar-refractivity contribution in [3.63, 3.8) is 0 Å². The monoisotopic (exact) mass is 766 g/mol. The molecule has 1 rings (SSSR count). The van der Waals surface area contributed by atoms with Crippen LogP contribution in [0.5, 0.6) is 0 Å². The fourth-order valence-corrected chi connectivity index (χ4v) is 6.83. The van der Waals surface area contributed by atoms with Crippen LogP contribution in [0.2, 0.25) is 0 Å². The first kappa shape index (κ1) is 50.4. The van der Waals surface area contributed by atoms with Gasteiger partial charge >= 0.3 is 0 Å². The minimum Gasteiger partial charge on any atom is -0.394 e. The number of carbonyl (C=O) groups excluding carboxylic acids is 1. The number of rotatable bonds is 36. The van der Waals surface area contributed by atoms with Crippen LogP contribution in [-0.4, -0.2) is 87.5 Å². The number of nitrogens with one attached hydrogen (secondary N) is 1. The van der Waals surface area contributed by atoms with Gasteiger partial charge in [0.05, 0.1) is 25.4 Å². The fraction of sp³-hybridized carbons (Fsp3) is 0.844. The number of hydrogen-bond donors (Lipinski definition) is 6. The first-order valence-electron chi connectivity index (χ1n) is 22.2. The SMILES string of the molecule is CCCCCCCCCCC/C=C/CC/C=C/CC/C=C/C(O)C(COC1OC(CO)C(O)C(O)C1O)NC(=O)CCCCCCCCCCCCCC. The number of unbranched alkanes of at least 4 members (excludes halogenated alkanes) is 22. The highest BCUT2D eigenvalue weighted by atomic mass is 16.7. The van der Waals surface area contributed by atoms with Gasteiger partial charge in [0.2, 0.25) is 5.91 Å². The lowest BCUT2D eigenvalue weighted by Gasteiger charge is -2.40. The largest absolute Gasteiger partial charge is 0.394 e. The molecule has 54 heavy (non-hydrogen) atoms. The summed E-state index contributed by atoms with van der Waals surface area (Å²) in [5.41, 5.74) is 0. The zero-order valence-corrected chi connectivity index (χ0v) is 34.5. The summed E-state index contributed by atoms with van der Waals surface area (Å²) in [6, 6.07) is -0.823. The van der Waals surface area contributed by atoms with Crippen molar-refractivity contribution in [3.8, 4) is 0 Å². The van der Waals surface area contributed by atoms with Crippen LogP contribution in [0.15, 0.2) is 36.5 Å². The highest BCUT2D eigenvalue weighted by Crippen LogP contribution is 2.22. The van der Waals surface area contributed by atoms with E-state index in [1.807, 2.05) is 6.08 Å². The molecular weight excluding hydrogens is 682 g/mol. The van der Waals surface area contributed by atoms with E-state index in [1.165, 1.54) is 122 Å². The summed E-state index contributed by atoms with van der Waals surface area (Å²) < 4.78 is 11.2. The standard InChI is InChI=1S/C45H83NO8/c1-3-5-7-9-11-13-15-17-18-19-20-21-22-23-24-26-28-30-32-34-39(48)38(37-53-45-44(52)43(51)42(50)40(36-47)54-45)46-41(49)35-33-31-29-27-25-16-14-12-10-8-6-4-2/h20-21,24,26,32,34,38-40,42-45,47-48,50-52H,3-19,22-23,25,27-31,33,35-37H2,1-2H3,(H,46,49)/b21-20+,26-24+,34-32+. The predicted octanol–water partition coefficient (Wildman–Crippen LogP) is 8.89. The molecule has 0 spiro atoms. The van der Waals surface area contributed by atoms with Crippen molar-refractivity contribution >= 4 is 5.91 Å². The highest BCUT2D eigenvalue weighted by molar-refractivity contribution is 5.76. The van der Waals surface area contributed by atoms with E-state index >= 15 is 0 Å². The molecule has 9 heteroatoms. The molecule has 1 aliphatic rings. The van der Waals surface area contributed by atoms with Crippen LogP contribution in [0, 0.1) is 0 Å². The van der Waals surface area contributed by atoms with Gasteiger partial charge in [-0.3, -0.25) is 4.79 Å². The van der Waals surface area contributed by atoms with Crippen LogP contribution in [0.25, 0.3) is 0 Å². The maximum atomic E-state index is 12.9. The highest BCUT2D eigenvalue weighted by Gasteiger charge is 2.44. The second kappa shape index (κ2) is 35.8. The zero-order chi connectivity index (χ0) is 39.5. The van der Waals surface area contributed by atoms with E-state index in [0.717, 1.165) is 44.9 Å². The average Bonchev–Trinajstić information content (AvgIpc) is 3.17. The number of amides is 1. The number of carbonyl (C=O) groups is 1. The molecule has 1 saturated heterocycles. The minimum absolute atomic E-state index is 0.193. The van der Waals surface area contributed by atoms with Crippen LogP contribution in [0.4, 0.5) is 0 Å². The Morgan fingerprint density at radius 2 is 1.06 bits per heavy atom. The van der Waals surface area contributed by atoms with Gasteiger partial charge in [0.15, 0.2) is 6.29 Å². The fourth-order valence-electron chi connectivity index (χ4n) is 6.83. The topological polar surface area (TPSA) is 149 Å². The van der Waals surface area contributed by atoms with Gasteiger partial charge in [0, 0.05) is 6.42 Å². The third-order valence-corrected chi connectivity index (χ3v) is 10.4. The summed E-state index contributed by atoms with van der Waals surface area (Å²) >= 11 is 0. The molecule has 7 atom stereocenters. The van der Waals surface area contributed by atoms with Gasteiger partial charge in [-0.1, -0.05) is 172 Å². The Hall–Kier alpha value is -1.59. The van der Waals surface area contributed by atoms with Gasteiger partial charge in [0.1, 0.15) is 24.4 Å². The number of aliphatic hydroxyl groups excluding tert-OH is 5. The van der Waals surface area contributed by atoms with Gasteiger partial charge in [-0.05, 0) is 44.9 Å². The normalized spacial score (nSPS) is 21.8. The van der Waals surface area contributed by atoms with E-state index in [2.05, 4.69) is 43.5 Å². The Bertz CT molecular complexity index is 941. The van der Waals surface area contributed by atoms with Crippen molar-refractivity contribution in [2.45, 2.75) is 230 Å². The first-order valence-corrected chi connectivity index (χ1v) is 22.2. The Labute approximate surface area is 330 Å². The summed E-state index contributed by atoms with van der Waals surface area (Å²) in [6.45, 7) is 3.73. The van der Waals surface area contributed by atoms with Gasteiger partial charge in [-0.2, -0.15) is 0 Å². The van der Waals surface area contributed by atoms with Gasteiger partial charge < -0.3 is 40.3 Å². The summed E-state index contributed by atoms with van der Waals surface area (Å²) in [4.78, 5) is 12.9. The van der Waals surface area contributed by atoms with E-state index < -0.39 is 49.5 Å². The first-order chi connectivity index (χ1) is 26.3. The minimum atomic E-state index is -1.57. The quantitative estimate of drug-likeness (QED) is 0.0274. The summed E-state index contributed by atoms with van der Waals surface area (Å²) in [6.07, 6.45) is 36.2. The predicted molar refractivity (Wildman–Crippen MR) is 221 cm³/mol. The van der Waals surface area contributed by atoms with E-state index in [-0.39, 0.29) is 12.5 Å². The van der Waals surface area contributed by atoms with Crippen molar-refractivity contribution in [1.29, 1.82) is 0 Å². The van der Waals surface area contributed by atoms with Crippen molar-refractivity contribution in [3.05, 3.63) is 36.5 Å². The van der Waals surface area contributed by atoms with E-state index in [1.54, 1.807) is 6.08 Å². The molecule has 0 aromatic heterocycles. The van der Waals surface area contributed by atoms with E-state index in [0.29, 0.717) is 6.42 Å². The van der Waals surface area contributed by atoms with Crippen molar-refractivity contribution in [1.82, 2.24) is 5.32 Å². The molecule has 0 bridgehead atoms. The molecule has 0 aliphatic carbocycles. The van der Waals surface area contributed by atoms with Crippen molar-refractivity contribution in [2.75, 3.05) is 13.2 Å². The second-order valence-electron chi connectivity index (χ2n) is 15.5. The molecule has 0 saturated carbocycles. The maximum Gasteiger partial charge on any atom is 0.220 e. The average molecular weight is 766 g/mol. The Morgan fingerprint density at radius 3 is 1.56 bits per heavy atom. The molecule has 7 unspecified atom stereocenters. The molecule has 6 N–H and O–H groups in total. The Morgan fingerprint density at radius 1 is 0.611 bits per heavy atom. The number of ether oxygens (including phenoxy) is 2. The van der Waals surface area contributed by atoms with Crippen LogP contribution in [-0.2, 0) is 14.3 Å². The van der Waals surface area contributed by atoms with Crippen molar-refractivity contribution in [2.24, 2.45) is 0 Å². The van der Waals surface area contributed by atoms with Gasteiger partial charge in [-0.25, -0.2) is 0 Å². The lowest BCUT2D eigenvalue weighted by Crippen LogP contribution is -2.60. The molecule has 1 heterocycles. The summed E-state index contributed by atoms with van der Waals surface area (Å²) in [5, 5.41) is 54.1. The van der Waals surface area contributed by atoms with Crippen LogP contribution in [0.3, 0.4) is 0 Å². The molecular formula is C45H83NO8. The summed E-state index contributed by atoms with van der Waals surface area (Å²) in [7, 11) is 0. The van der Waals surface area contributed by atoms with Gasteiger partial charge in [-0.15, -0.1) is 0 Å².